The number of carbonyl (C=O) groups excluding carboxylic acids is 1. The topological polar surface area (TPSA) is 68.8 Å². The van der Waals surface area contributed by atoms with Crippen molar-refractivity contribution < 1.29 is 19.0 Å². The Morgan fingerprint density at radius 1 is 1.15 bits per heavy atom. The molecule has 2 N–H and O–H groups in total. The minimum absolute atomic E-state index is 0.178. The molecular weight excluding hydrogens is 504 g/mol. The fraction of sp³-hybridized carbons (Fsp3) is 0.440. The summed E-state index contributed by atoms with van der Waals surface area (Å²) in [7, 11) is 0. The second kappa shape index (κ2) is 13.5. The second-order valence-corrected chi connectivity index (χ2v) is 9.20. The normalized spacial score (nSPS) is 15.2. The van der Waals surface area contributed by atoms with Gasteiger partial charge in [-0.25, -0.2) is 0 Å². The number of rotatable bonds is 11. The van der Waals surface area contributed by atoms with Gasteiger partial charge in [0.2, 0.25) is 0 Å². The molecule has 3 rings (SSSR count). The molecule has 8 heteroatoms. The van der Waals surface area contributed by atoms with Crippen LogP contribution < -0.4 is 20.1 Å². The van der Waals surface area contributed by atoms with E-state index in [9.17, 15) is 4.79 Å². The molecule has 33 heavy (non-hydrogen) atoms. The fourth-order valence-corrected chi connectivity index (χ4v) is 4.11. The standard InChI is InChI=1S/C25H31BrN2O4S/c1-2-3-4-5-14-31-23-13-8-18(16-22(23)26)24(29)28-25(33)27-19-9-11-20(12-10-19)32-17-21-7-6-15-30-21/h8-13,16,21H,2-7,14-15,17H2,1H3,(H2,27,28,29,33). The van der Waals surface area contributed by atoms with Crippen LogP contribution in [0.25, 0.3) is 0 Å². The predicted molar refractivity (Wildman–Crippen MR) is 138 cm³/mol. The highest BCUT2D eigenvalue weighted by molar-refractivity contribution is 9.10. The number of benzene rings is 2. The SMILES string of the molecule is CCCCCCOc1ccc(C(=O)NC(=S)Nc2ccc(OCC3CCCO3)cc2)cc1Br. The Morgan fingerprint density at radius 3 is 2.67 bits per heavy atom. The van der Waals surface area contributed by atoms with Crippen molar-refractivity contribution >= 4 is 44.9 Å². The van der Waals surface area contributed by atoms with Crippen LogP contribution in [0.3, 0.4) is 0 Å². The van der Waals surface area contributed by atoms with E-state index in [0.29, 0.717) is 18.8 Å². The molecule has 1 fully saturated rings. The number of thiocarbonyl (C=S) groups is 1. The van der Waals surface area contributed by atoms with E-state index in [1.807, 2.05) is 24.3 Å². The molecule has 0 saturated carbocycles. The lowest BCUT2D eigenvalue weighted by atomic mass is 10.2. The van der Waals surface area contributed by atoms with Gasteiger partial charge in [0.25, 0.3) is 5.91 Å². The van der Waals surface area contributed by atoms with E-state index >= 15 is 0 Å². The molecule has 2 aromatic rings. The fourth-order valence-electron chi connectivity index (χ4n) is 3.41. The lowest BCUT2D eigenvalue weighted by molar-refractivity contribution is 0.0679. The summed E-state index contributed by atoms with van der Waals surface area (Å²) in [5.74, 6) is 1.20. The van der Waals surface area contributed by atoms with Crippen molar-refractivity contribution in [1.82, 2.24) is 5.32 Å². The van der Waals surface area contributed by atoms with Crippen LogP contribution in [-0.2, 0) is 4.74 Å². The molecule has 1 atom stereocenters. The first-order chi connectivity index (χ1) is 16.0. The van der Waals surface area contributed by atoms with Gasteiger partial charge in [-0.15, -0.1) is 0 Å². The van der Waals surface area contributed by atoms with Crippen LogP contribution in [-0.4, -0.2) is 36.9 Å². The highest BCUT2D eigenvalue weighted by Gasteiger charge is 2.16. The van der Waals surface area contributed by atoms with E-state index in [1.54, 1.807) is 18.2 Å². The van der Waals surface area contributed by atoms with Crippen molar-refractivity contribution in [3.8, 4) is 11.5 Å². The maximum atomic E-state index is 12.6. The molecule has 1 saturated heterocycles. The Bertz CT molecular complexity index is 917. The zero-order chi connectivity index (χ0) is 23.5. The van der Waals surface area contributed by atoms with Crippen molar-refractivity contribution in [3.05, 3.63) is 52.5 Å². The molecule has 0 radical (unpaired) electrons. The average Bonchev–Trinajstić information content (AvgIpc) is 3.33. The third-order valence-corrected chi connectivity index (χ3v) is 6.07. The van der Waals surface area contributed by atoms with E-state index in [1.165, 1.54) is 12.8 Å². The lowest BCUT2D eigenvalue weighted by Gasteiger charge is -2.13. The van der Waals surface area contributed by atoms with Crippen molar-refractivity contribution in [1.29, 1.82) is 0 Å². The van der Waals surface area contributed by atoms with Gasteiger partial charge < -0.3 is 19.5 Å². The molecule has 178 valence electrons. The van der Waals surface area contributed by atoms with Crippen LogP contribution in [0.2, 0.25) is 0 Å². The lowest BCUT2D eigenvalue weighted by Crippen LogP contribution is -2.34. The molecule has 0 aliphatic carbocycles. The maximum Gasteiger partial charge on any atom is 0.257 e. The summed E-state index contributed by atoms with van der Waals surface area (Å²) in [4.78, 5) is 12.6. The van der Waals surface area contributed by atoms with Gasteiger partial charge in [0.05, 0.1) is 17.2 Å². The second-order valence-electron chi connectivity index (χ2n) is 7.93. The van der Waals surface area contributed by atoms with Gasteiger partial charge in [-0.2, -0.15) is 0 Å². The first-order valence-corrected chi connectivity index (χ1v) is 12.6. The Hall–Kier alpha value is -2.16. The molecule has 1 aliphatic heterocycles. The summed E-state index contributed by atoms with van der Waals surface area (Å²) in [6.07, 6.45) is 6.89. The number of amides is 1. The summed E-state index contributed by atoms with van der Waals surface area (Å²) in [6, 6.07) is 12.7. The van der Waals surface area contributed by atoms with Crippen LogP contribution >= 0.6 is 28.1 Å². The largest absolute Gasteiger partial charge is 0.492 e. The summed E-state index contributed by atoms with van der Waals surface area (Å²) in [5.41, 5.74) is 1.25. The van der Waals surface area contributed by atoms with E-state index in [4.69, 9.17) is 26.4 Å². The summed E-state index contributed by atoms with van der Waals surface area (Å²) < 4.78 is 17.9. The van der Waals surface area contributed by atoms with Gasteiger partial charge in [0.1, 0.15) is 18.1 Å². The molecule has 2 aromatic carbocycles. The number of ether oxygens (including phenoxy) is 3. The molecule has 1 unspecified atom stereocenters. The quantitative estimate of drug-likeness (QED) is 0.268. The van der Waals surface area contributed by atoms with Crippen LogP contribution in [0.5, 0.6) is 11.5 Å². The van der Waals surface area contributed by atoms with Gasteiger partial charge in [-0.3, -0.25) is 10.1 Å². The first kappa shape index (κ1) is 25.5. The monoisotopic (exact) mass is 534 g/mol. The molecule has 0 bridgehead atoms. The molecular formula is C25H31BrN2O4S. The Labute approximate surface area is 209 Å². The number of hydrogen-bond acceptors (Lipinski definition) is 5. The summed E-state index contributed by atoms with van der Waals surface area (Å²) in [6.45, 7) is 4.21. The molecule has 1 heterocycles. The summed E-state index contributed by atoms with van der Waals surface area (Å²) >= 11 is 8.78. The van der Waals surface area contributed by atoms with Crippen molar-refractivity contribution in [2.24, 2.45) is 0 Å². The molecule has 1 amide bonds. The highest BCUT2D eigenvalue weighted by Crippen LogP contribution is 2.26. The van der Waals surface area contributed by atoms with Gasteiger partial charge in [0.15, 0.2) is 5.11 Å². The number of hydrogen-bond donors (Lipinski definition) is 2. The zero-order valence-electron chi connectivity index (χ0n) is 18.9. The van der Waals surface area contributed by atoms with Gasteiger partial charge in [0, 0.05) is 17.9 Å². The molecule has 0 spiro atoms. The molecule has 1 aliphatic rings. The smallest absolute Gasteiger partial charge is 0.257 e. The van der Waals surface area contributed by atoms with Crippen molar-refractivity contribution in [3.63, 3.8) is 0 Å². The van der Waals surface area contributed by atoms with Crippen molar-refractivity contribution in [2.45, 2.75) is 51.6 Å². The number of halogens is 1. The zero-order valence-corrected chi connectivity index (χ0v) is 21.3. The van der Waals surface area contributed by atoms with E-state index in [-0.39, 0.29) is 17.1 Å². The Kier molecular flexibility index (Phi) is 10.4. The highest BCUT2D eigenvalue weighted by atomic mass is 79.9. The van der Waals surface area contributed by atoms with Gasteiger partial charge >= 0.3 is 0 Å². The Balaban J connectivity index is 1.43. The number of carbonyl (C=O) groups is 1. The predicted octanol–water partition coefficient (Wildman–Crippen LogP) is 6.09. The number of anilines is 1. The van der Waals surface area contributed by atoms with Gasteiger partial charge in [-0.05, 0) is 89.9 Å². The third-order valence-electron chi connectivity index (χ3n) is 5.25. The van der Waals surface area contributed by atoms with Crippen LogP contribution in [0, 0.1) is 0 Å². The molecule has 0 aromatic heterocycles. The minimum Gasteiger partial charge on any atom is -0.492 e. The maximum absolute atomic E-state index is 12.6. The van der Waals surface area contributed by atoms with Crippen LogP contribution in [0.15, 0.2) is 46.9 Å². The van der Waals surface area contributed by atoms with Crippen LogP contribution in [0.4, 0.5) is 5.69 Å². The van der Waals surface area contributed by atoms with E-state index in [0.717, 1.165) is 53.9 Å². The average molecular weight is 536 g/mol. The number of nitrogens with one attached hydrogen (secondary N) is 2. The number of unbranched alkanes of at least 4 members (excludes halogenated alkanes) is 3. The van der Waals surface area contributed by atoms with E-state index in [2.05, 4.69) is 33.5 Å². The molecule has 6 nitrogen and oxygen atoms in total. The Morgan fingerprint density at radius 2 is 1.97 bits per heavy atom. The minimum atomic E-state index is -0.292. The first-order valence-electron chi connectivity index (χ1n) is 11.4. The van der Waals surface area contributed by atoms with Crippen LogP contribution in [0.1, 0.15) is 55.8 Å². The van der Waals surface area contributed by atoms with Crippen molar-refractivity contribution in [2.75, 3.05) is 25.1 Å². The van der Waals surface area contributed by atoms with E-state index < -0.39 is 0 Å². The summed E-state index contributed by atoms with van der Waals surface area (Å²) in [5, 5.41) is 5.95. The van der Waals surface area contributed by atoms with Gasteiger partial charge in [-0.1, -0.05) is 26.2 Å². The third kappa shape index (κ3) is 8.61.